The quantitative estimate of drug-likeness (QED) is 0.595. The van der Waals surface area contributed by atoms with E-state index < -0.39 is 10.0 Å². The molecule has 6 nitrogen and oxygen atoms in total. The summed E-state index contributed by atoms with van der Waals surface area (Å²) in [4.78, 5) is 19.8. The minimum atomic E-state index is -4.16. The number of sulfonamides is 1. The van der Waals surface area contributed by atoms with Crippen molar-refractivity contribution in [3.63, 3.8) is 0 Å². The van der Waals surface area contributed by atoms with Gasteiger partial charge in [0.25, 0.3) is 10.0 Å². The highest BCUT2D eigenvalue weighted by Crippen LogP contribution is 2.26. The third-order valence-electron chi connectivity index (χ3n) is 3.32. The zero-order valence-electron chi connectivity index (χ0n) is 12.8. The average molecular weight is 418 g/mol. The van der Waals surface area contributed by atoms with E-state index in [1.165, 1.54) is 18.2 Å². The molecule has 0 aliphatic heterocycles. The SMILES string of the molecule is O=CN(c1ccccc1)S(=O)(=O)c1cc(Br)cc(-c2ccccn2)n1. The molecule has 0 bridgehead atoms. The van der Waals surface area contributed by atoms with Crippen LogP contribution in [0.15, 0.2) is 76.4 Å². The number of carbonyl (C=O) groups is 1. The van der Waals surface area contributed by atoms with Crippen LogP contribution in [-0.4, -0.2) is 24.8 Å². The molecule has 0 spiro atoms. The van der Waals surface area contributed by atoms with Gasteiger partial charge in [-0.15, -0.1) is 0 Å². The van der Waals surface area contributed by atoms with Crippen LogP contribution in [0.5, 0.6) is 0 Å². The molecule has 2 aromatic heterocycles. The van der Waals surface area contributed by atoms with Gasteiger partial charge in [0.2, 0.25) is 6.41 Å². The molecule has 25 heavy (non-hydrogen) atoms. The number of nitrogens with zero attached hydrogens (tertiary/aromatic N) is 3. The molecule has 2 heterocycles. The highest BCUT2D eigenvalue weighted by atomic mass is 79.9. The van der Waals surface area contributed by atoms with Gasteiger partial charge in [-0.05, 0) is 36.4 Å². The summed E-state index contributed by atoms with van der Waals surface area (Å²) < 4.78 is 27.0. The Morgan fingerprint density at radius 2 is 1.68 bits per heavy atom. The summed E-state index contributed by atoms with van der Waals surface area (Å²) in [6.45, 7) is 0. The number of hydrogen-bond acceptors (Lipinski definition) is 5. The first-order valence-electron chi connectivity index (χ1n) is 7.16. The van der Waals surface area contributed by atoms with Gasteiger partial charge in [0.1, 0.15) is 0 Å². The Kier molecular flexibility index (Phi) is 4.91. The van der Waals surface area contributed by atoms with E-state index in [0.717, 1.165) is 0 Å². The molecule has 0 unspecified atom stereocenters. The number of pyridine rings is 2. The minimum Gasteiger partial charge on any atom is -0.277 e. The number of para-hydroxylation sites is 1. The topological polar surface area (TPSA) is 80.2 Å². The normalized spacial score (nSPS) is 11.1. The van der Waals surface area contributed by atoms with Crippen LogP contribution in [0, 0.1) is 0 Å². The first-order chi connectivity index (χ1) is 12.0. The lowest BCUT2D eigenvalue weighted by molar-refractivity contribution is -0.106. The summed E-state index contributed by atoms with van der Waals surface area (Å²) in [6, 6.07) is 16.4. The molecular weight excluding hydrogens is 406 g/mol. The Morgan fingerprint density at radius 3 is 2.32 bits per heavy atom. The van der Waals surface area contributed by atoms with Gasteiger partial charge >= 0.3 is 0 Å². The lowest BCUT2D eigenvalue weighted by Gasteiger charge is -2.17. The van der Waals surface area contributed by atoms with Crippen molar-refractivity contribution < 1.29 is 13.2 Å². The molecule has 1 amide bonds. The molecular formula is C17H12BrN3O3S. The summed E-state index contributed by atoms with van der Waals surface area (Å²) in [5.74, 6) is 0. The van der Waals surface area contributed by atoms with E-state index in [1.807, 2.05) is 0 Å². The van der Waals surface area contributed by atoms with E-state index in [1.54, 1.807) is 48.7 Å². The first-order valence-corrected chi connectivity index (χ1v) is 9.39. The van der Waals surface area contributed by atoms with E-state index in [2.05, 4.69) is 25.9 Å². The van der Waals surface area contributed by atoms with Crippen LogP contribution < -0.4 is 4.31 Å². The van der Waals surface area contributed by atoms with E-state index in [4.69, 9.17) is 0 Å². The van der Waals surface area contributed by atoms with Crippen molar-refractivity contribution in [2.24, 2.45) is 0 Å². The van der Waals surface area contributed by atoms with Crippen LogP contribution in [0.1, 0.15) is 0 Å². The number of rotatable bonds is 5. The third kappa shape index (κ3) is 3.59. The standard InChI is InChI=1S/C17H12BrN3O3S/c18-13-10-16(15-8-4-5-9-19-15)20-17(11-13)25(23,24)21(12-22)14-6-2-1-3-7-14/h1-12H. The monoisotopic (exact) mass is 417 g/mol. The summed E-state index contributed by atoms with van der Waals surface area (Å²) >= 11 is 3.29. The van der Waals surface area contributed by atoms with Crippen LogP contribution >= 0.6 is 15.9 Å². The maximum absolute atomic E-state index is 12.9. The van der Waals surface area contributed by atoms with Gasteiger partial charge in [-0.3, -0.25) is 9.78 Å². The molecule has 8 heteroatoms. The van der Waals surface area contributed by atoms with Gasteiger partial charge < -0.3 is 0 Å². The Hall–Kier alpha value is -2.58. The Balaban J connectivity index is 2.11. The maximum Gasteiger partial charge on any atom is 0.288 e. The molecule has 0 N–H and O–H groups in total. The van der Waals surface area contributed by atoms with Crippen LogP contribution in [-0.2, 0) is 14.8 Å². The highest BCUT2D eigenvalue weighted by molar-refractivity contribution is 9.10. The summed E-state index contributed by atoms with van der Waals surface area (Å²) in [5.41, 5.74) is 1.14. The molecule has 0 saturated carbocycles. The van der Waals surface area contributed by atoms with Crippen molar-refractivity contribution in [2.75, 3.05) is 4.31 Å². The number of hydrogen-bond donors (Lipinski definition) is 0. The number of halogens is 1. The molecule has 3 aromatic rings. The molecule has 0 saturated heterocycles. The fraction of sp³-hybridized carbons (Fsp3) is 0. The number of anilines is 1. The second-order valence-corrected chi connectivity index (χ2v) is 7.64. The van der Waals surface area contributed by atoms with E-state index >= 15 is 0 Å². The summed E-state index contributed by atoms with van der Waals surface area (Å²) in [6.07, 6.45) is 1.85. The minimum absolute atomic E-state index is 0.235. The van der Waals surface area contributed by atoms with Crippen molar-refractivity contribution in [1.82, 2.24) is 9.97 Å². The fourth-order valence-electron chi connectivity index (χ4n) is 2.18. The average Bonchev–Trinajstić information content (AvgIpc) is 2.63. The van der Waals surface area contributed by atoms with Gasteiger partial charge in [-0.25, -0.2) is 9.29 Å². The number of benzene rings is 1. The van der Waals surface area contributed by atoms with Gasteiger partial charge in [-0.1, -0.05) is 40.2 Å². The Morgan fingerprint density at radius 1 is 0.960 bits per heavy atom. The van der Waals surface area contributed by atoms with Crippen molar-refractivity contribution in [3.05, 3.63) is 71.3 Å². The van der Waals surface area contributed by atoms with Crippen LogP contribution in [0.4, 0.5) is 5.69 Å². The van der Waals surface area contributed by atoms with Crippen LogP contribution in [0.3, 0.4) is 0 Å². The lowest BCUT2D eigenvalue weighted by atomic mass is 10.2. The van der Waals surface area contributed by atoms with Gasteiger partial charge in [0, 0.05) is 10.7 Å². The predicted octanol–water partition coefficient (Wildman–Crippen LogP) is 3.26. The largest absolute Gasteiger partial charge is 0.288 e. The van der Waals surface area contributed by atoms with Gasteiger partial charge in [-0.2, -0.15) is 8.42 Å². The number of amides is 1. The fourth-order valence-corrected chi connectivity index (χ4v) is 3.97. The van der Waals surface area contributed by atoms with Crippen molar-refractivity contribution >= 4 is 38.1 Å². The van der Waals surface area contributed by atoms with Gasteiger partial charge in [0.15, 0.2) is 5.03 Å². The zero-order chi connectivity index (χ0) is 17.9. The molecule has 0 atom stereocenters. The van der Waals surface area contributed by atoms with Crippen molar-refractivity contribution in [3.8, 4) is 11.4 Å². The van der Waals surface area contributed by atoms with Crippen molar-refractivity contribution in [2.45, 2.75) is 5.03 Å². The van der Waals surface area contributed by atoms with Crippen LogP contribution in [0.2, 0.25) is 0 Å². The molecule has 3 rings (SSSR count). The Bertz CT molecular complexity index is 996. The molecule has 126 valence electrons. The maximum atomic E-state index is 12.9. The summed E-state index contributed by atoms with van der Waals surface area (Å²) in [7, 11) is -4.16. The number of aromatic nitrogens is 2. The van der Waals surface area contributed by atoms with Crippen LogP contribution in [0.25, 0.3) is 11.4 Å². The van der Waals surface area contributed by atoms with E-state index in [-0.39, 0.29) is 17.1 Å². The van der Waals surface area contributed by atoms with Gasteiger partial charge in [0.05, 0.1) is 17.1 Å². The second kappa shape index (κ2) is 7.12. The molecule has 0 aliphatic carbocycles. The van der Waals surface area contributed by atoms with E-state index in [0.29, 0.717) is 20.2 Å². The zero-order valence-corrected chi connectivity index (χ0v) is 15.2. The van der Waals surface area contributed by atoms with Crippen molar-refractivity contribution in [1.29, 1.82) is 0 Å². The smallest absolute Gasteiger partial charge is 0.277 e. The predicted molar refractivity (Wildman–Crippen MR) is 97.3 cm³/mol. The molecule has 0 radical (unpaired) electrons. The Labute approximate surface area is 153 Å². The molecule has 1 aromatic carbocycles. The van der Waals surface area contributed by atoms with E-state index in [9.17, 15) is 13.2 Å². The summed E-state index contributed by atoms with van der Waals surface area (Å²) in [5, 5.41) is -0.251. The molecule has 0 fully saturated rings. The number of carbonyl (C=O) groups excluding carboxylic acids is 1. The molecule has 0 aliphatic rings. The second-order valence-electron chi connectivity index (χ2n) is 4.97. The lowest BCUT2D eigenvalue weighted by Crippen LogP contribution is -2.30. The highest BCUT2D eigenvalue weighted by Gasteiger charge is 2.27. The first kappa shape index (κ1) is 17.2. The third-order valence-corrected chi connectivity index (χ3v) is 5.33.